The molecular weight excluding hydrogens is 152 g/mol. The highest BCUT2D eigenvalue weighted by Crippen LogP contribution is 2.37. The van der Waals surface area contributed by atoms with Crippen molar-refractivity contribution in [1.29, 1.82) is 0 Å². The van der Waals surface area contributed by atoms with E-state index in [9.17, 15) is 9.90 Å². The minimum absolute atomic E-state index is 0.0298. The molecule has 1 N–H and O–H groups in total. The average molecular weight is 170 g/mol. The summed E-state index contributed by atoms with van der Waals surface area (Å²) in [6.45, 7) is 3.56. The quantitative estimate of drug-likeness (QED) is 0.687. The van der Waals surface area contributed by atoms with E-state index in [-0.39, 0.29) is 11.2 Å². The number of ketones is 1. The molecular formula is C10H18O2. The van der Waals surface area contributed by atoms with Gasteiger partial charge >= 0.3 is 0 Å². The van der Waals surface area contributed by atoms with Crippen molar-refractivity contribution < 1.29 is 9.90 Å². The molecule has 12 heavy (non-hydrogen) atoms. The van der Waals surface area contributed by atoms with Crippen molar-refractivity contribution >= 4 is 5.78 Å². The standard InChI is InChI=1S/C10H18O2/c1-8(11)9(12)10(2)6-4-3-5-7-10/h8,11H,3-7H2,1-2H3/t8-/m1/s1. The van der Waals surface area contributed by atoms with E-state index in [0.717, 1.165) is 25.7 Å². The lowest BCUT2D eigenvalue weighted by atomic mass is 9.71. The third kappa shape index (κ3) is 1.86. The molecule has 0 amide bonds. The van der Waals surface area contributed by atoms with Gasteiger partial charge in [-0.2, -0.15) is 0 Å². The van der Waals surface area contributed by atoms with Gasteiger partial charge in [-0.3, -0.25) is 4.79 Å². The lowest BCUT2D eigenvalue weighted by Gasteiger charge is -2.32. The molecule has 0 aromatic heterocycles. The van der Waals surface area contributed by atoms with Gasteiger partial charge in [-0.15, -0.1) is 0 Å². The van der Waals surface area contributed by atoms with Gasteiger partial charge in [0.15, 0.2) is 5.78 Å². The molecule has 0 aromatic rings. The number of rotatable bonds is 2. The Morgan fingerprint density at radius 2 is 1.83 bits per heavy atom. The molecule has 1 aliphatic rings. The second kappa shape index (κ2) is 3.56. The first kappa shape index (κ1) is 9.72. The lowest BCUT2D eigenvalue weighted by molar-refractivity contribution is -0.137. The average Bonchev–Trinajstić information content (AvgIpc) is 2.04. The molecule has 0 spiro atoms. The summed E-state index contributed by atoms with van der Waals surface area (Å²) in [5, 5.41) is 9.19. The first-order chi connectivity index (χ1) is 5.56. The predicted octanol–water partition coefficient (Wildman–Crippen LogP) is 1.91. The first-order valence-corrected chi connectivity index (χ1v) is 4.79. The Morgan fingerprint density at radius 1 is 1.33 bits per heavy atom. The molecule has 1 fully saturated rings. The topological polar surface area (TPSA) is 37.3 Å². The zero-order valence-corrected chi connectivity index (χ0v) is 7.97. The van der Waals surface area contributed by atoms with E-state index in [1.807, 2.05) is 6.92 Å². The second-order valence-corrected chi connectivity index (χ2v) is 4.16. The Morgan fingerprint density at radius 3 is 2.25 bits per heavy atom. The van der Waals surface area contributed by atoms with Crippen LogP contribution in [0.25, 0.3) is 0 Å². The van der Waals surface area contributed by atoms with Crippen LogP contribution in [-0.4, -0.2) is 17.0 Å². The maximum atomic E-state index is 11.6. The first-order valence-electron chi connectivity index (χ1n) is 4.79. The molecule has 0 bridgehead atoms. The Bertz CT molecular complexity index is 167. The van der Waals surface area contributed by atoms with Gasteiger partial charge < -0.3 is 5.11 Å². The van der Waals surface area contributed by atoms with Crippen molar-refractivity contribution in [3.8, 4) is 0 Å². The molecule has 1 saturated carbocycles. The fourth-order valence-corrected chi connectivity index (χ4v) is 2.08. The van der Waals surface area contributed by atoms with Gasteiger partial charge in [0, 0.05) is 5.41 Å². The van der Waals surface area contributed by atoms with Crippen LogP contribution in [0.2, 0.25) is 0 Å². The smallest absolute Gasteiger partial charge is 0.166 e. The Balaban J connectivity index is 2.62. The number of hydrogen-bond acceptors (Lipinski definition) is 2. The fraction of sp³-hybridized carbons (Fsp3) is 0.900. The van der Waals surface area contributed by atoms with Gasteiger partial charge in [0.05, 0.1) is 0 Å². The summed E-state index contributed by atoms with van der Waals surface area (Å²) < 4.78 is 0. The molecule has 0 aliphatic heterocycles. The monoisotopic (exact) mass is 170 g/mol. The Kier molecular flexibility index (Phi) is 2.89. The molecule has 2 heteroatoms. The van der Waals surface area contributed by atoms with Crippen LogP contribution in [0.4, 0.5) is 0 Å². The molecule has 1 rings (SSSR count). The molecule has 2 nitrogen and oxygen atoms in total. The summed E-state index contributed by atoms with van der Waals surface area (Å²) in [6, 6.07) is 0. The molecule has 70 valence electrons. The minimum atomic E-state index is -0.784. The molecule has 1 atom stereocenters. The maximum Gasteiger partial charge on any atom is 0.166 e. The van der Waals surface area contributed by atoms with Crippen LogP contribution in [0.15, 0.2) is 0 Å². The van der Waals surface area contributed by atoms with Crippen molar-refractivity contribution in [3.63, 3.8) is 0 Å². The van der Waals surface area contributed by atoms with Crippen LogP contribution in [0, 0.1) is 5.41 Å². The summed E-state index contributed by atoms with van der Waals surface area (Å²) in [5.74, 6) is 0.0298. The number of Topliss-reactive ketones (excluding diaryl/α,β-unsaturated/α-hetero) is 1. The highest BCUT2D eigenvalue weighted by Gasteiger charge is 2.36. The van der Waals surface area contributed by atoms with Gasteiger partial charge in [0.25, 0.3) is 0 Å². The van der Waals surface area contributed by atoms with E-state index >= 15 is 0 Å². The highest BCUT2D eigenvalue weighted by molar-refractivity contribution is 5.88. The fourth-order valence-electron chi connectivity index (χ4n) is 2.08. The van der Waals surface area contributed by atoms with E-state index in [4.69, 9.17) is 0 Å². The summed E-state index contributed by atoms with van der Waals surface area (Å²) in [4.78, 5) is 11.6. The lowest BCUT2D eigenvalue weighted by Crippen LogP contribution is -2.36. The number of carbonyl (C=O) groups is 1. The van der Waals surface area contributed by atoms with Crippen molar-refractivity contribution in [2.75, 3.05) is 0 Å². The zero-order chi connectivity index (χ0) is 9.19. The largest absolute Gasteiger partial charge is 0.386 e. The summed E-state index contributed by atoms with van der Waals surface area (Å²) in [5.41, 5.74) is -0.230. The van der Waals surface area contributed by atoms with Crippen LogP contribution in [0.3, 0.4) is 0 Å². The highest BCUT2D eigenvalue weighted by atomic mass is 16.3. The summed E-state index contributed by atoms with van der Waals surface area (Å²) in [7, 11) is 0. The third-order valence-electron chi connectivity index (χ3n) is 2.93. The van der Waals surface area contributed by atoms with Crippen LogP contribution in [0.1, 0.15) is 46.0 Å². The van der Waals surface area contributed by atoms with Gasteiger partial charge in [-0.25, -0.2) is 0 Å². The minimum Gasteiger partial charge on any atom is -0.386 e. The van der Waals surface area contributed by atoms with E-state index in [1.165, 1.54) is 6.42 Å². The third-order valence-corrected chi connectivity index (χ3v) is 2.93. The normalized spacial score (nSPS) is 24.9. The molecule has 0 unspecified atom stereocenters. The van der Waals surface area contributed by atoms with Crippen LogP contribution in [-0.2, 0) is 4.79 Å². The summed E-state index contributed by atoms with van der Waals surface area (Å²) in [6.07, 6.45) is 4.63. The van der Waals surface area contributed by atoms with Crippen molar-refractivity contribution in [1.82, 2.24) is 0 Å². The van der Waals surface area contributed by atoms with E-state index in [2.05, 4.69) is 0 Å². The van der Waals surface area contributed by atoms with Gasteiger partial charge in [0.2, 0.25) is 0 Å². The van der Waals surface area contributed by atoms with E-state index < -0.39 is 6.10 Å². The van der Waals surface area contributed by atoms with Gasteiger partial charge in [-0.05, 0) is 19.8 Å². The molecule has 0 aromatic carbocycles. The number of hydrogen-bond donors (Lipinski definition) is 1. The number of aliphatic hydroxyl groups is 1. The predicted molar refractivity (Wildman–Crippen MR) is 47.9 cm³/mol. The summed E-state index contributed by atoms with van der Waals surface area (Å²) >= 11 is 0. The molecule has 0 heterocycles. The molecule has 0 radical (unpaired) electrons. The second-order valence-electron chi connectivity index (χ2n) is 4.16. The molecule has 1 aliphatic carbocycles. The maximum absolute atomic E-state index is 11.6. The van der Waals surface area contributed by atoms with Crippen molar-refractivity contribution in [2.24, 2.45) is 5.41 Å². The zero-order valence-electron chi connectivity index (χ0n) is 7.97. The SMILES string of the molecule is C[C@@H](O)C(=O)C1(C)CCCCC1. The van der Waals surface area contributed by atoms with Crippen molar-refractivity contribution in [2.45, 2.75) is 52.1 Å². The van der Waals surface area contributed by atoms with Crippen LogP contribution < -0.4 is 0 Å². The van der Waals surface area contributed by atoms with Gasteiger partial charge in [0.1, 0.15) is 6.10 Å². The Labute approximate surface area is 74.0 Å². The van der Waals surface area contributed by atoms with Crippen LogP contribution >= 0.6 is 0 Å². The van der Waals surface area contributed by atoms with Crippen LogP contribution in [0.5, 0.6) is 0 Å². The van der Waals surface area contributed by atoms with E-state index in [0.29, 0.717) is 0 Å². The number of aliphatic hydroxyl groups excluding tert-OH is 1. The van der Waals surface area contributed by atoms with Gasteiger partial charge in [-0.1, -0.05) is 26.2 Å². The number of carbonyl (C=O) groups excluding carboxylic acids is 1. The molecule has 0 saturated heterocycles. The Hall–Kier alpha value is -0.370. The van der Waals surface area contributed by atoms with Crippen molar-refractivity contribution in [3.05, 3.63) is 0 Å². The van der Waals surface area contributed by atoms with E-state index in [1.54, 1.807) is 6.92 Å².